The lowest BCUT2D eigenvalue weighted by molar-refractivity contribution is -0.142. The highest BCUT2D eigenvalue weighted by atomic mass is 32.2. The summed E-state index contributed by atoms with van der Waals surface area (Å²) in [5, 5.41) is 0. The molecule has 0 N–H and O–H groups in total. The fourth-order valence-corrected chi connectivity index (χ4v) is 5.22. The lowest BCUT2D eigenvalue weighted by Gasteiger charge is -2.25. The SMILES string of the molecule is O=C(CCc1ccc(S(=O)(=O)N2CCCCC2)cc1)OCC(=O)c1ccc2c(c1)OCO2. The Labute approximate surface area is 187 Å². The maximum absolute atomic E-state index is 12.7. The Morgan fingerprint density at radius 2 is 1.66 bits per heavy atom. The van der Waals surface area contributed by atoms with Crippen LogP contribution in [-0.2, 0) is 26.0 Å². The van der Waals surface area contributed by atoms with E-state index in [4.69, 9.17) is 14.2 Å². The number of hydrogen-bond acceptors (Lipinski definition) is 7. The maximum atomic E-state index is 12.7. The first-order valence-corrected chi connectivity index (χ1v) is 12.0. The van der Waals surface area contributed by atoms with E-state index in [1.54, 1.807) is 42.5 Å². The number of hydrogen-bond donors (Lipinski definition) is 0. The Hall–Kier alpha value is -2.91. The van der Waals surface area contributed by atoms with Gasteiger partial charge in [-0.25, -0.2) is 8.42 Å². The van der Waals surface area contributed by atoms with E-state index in [9.17, 15) is 18.0 Å². The molecule has 0 saturated carbocycles. The first kappa shape index (κ1) is 22.3. The van der Waals surface area contributed by atoms with Crippen LogP contribution >= 0.6 is 0 Å². The third kappa shape index (κ3) is 5.11. The molecule has 2 aromatic carbocycles. The Kier molecular flexibility index (Phi) is 6.76. The number of carbonyl (C=O) groups is 2. The van der Waals surface area contributed by atoms with Crippen molar-refractivity contribution in [3.63, 3.8) is 0 Å². The lowest BCUT2D eigenvalue weighted by Crippen LogP contribution is -2.35. The molecular weight excluding hydrogens is 434 g/mol. The molecule has 2 heterocycles. The molecule has 2 aliphatic rings. The van der Waals surface area contributed by atoms with Crippen molar-refractivity contribution in [2.45, 2.75) is 37.0 Å². The normalized spacial score (nSPS) is 16.0. The summed E-state index contributed by atoms with van der Waals surface area (Å²) in [6.07, 6.45) is 3.31. The molecule has 0 aromatic heterocycles. The minimum Gasteiger partial charge on any atom is -0.457 e. The van der Waals surface area contributed by atoms with Crippen LogP contribution in [0, 0.1) is 0 Å². The Bertz CT molecular complexity index is 1090. The zero-order valence-corrected chi connectivity index (χ0v) is 18.4. The summed E-state index contributed by atoms with van der Waals surface area (Å²) in [7, 11) is -3.47. The minimum atomic E-state index is -3.47. The lowest BCUT2D eigenvalue weighted by atomic mass is 10.1. The zero-order valence-electron chi connectivity index (χ0n) is 17.6. The van der Waals surface area contributed by atoms with Gasteiger partial charge in [0.2, 0.25) is 16.8 Å². The van der Waals surface area contributed by atoms with Crippen LogP contribution in [0.1, 0.15) is 41.6 Å². The summed E-state index contributed by atoms with van der Waals surface area (Å²) < 4.78 is 42.5. The molecule has 0 unspecified atom stereocenters. The van der Waals surface area contributed by atoms with E-state index in [1.807, 2.05) is 0 Å². The third-order valence-electron chi connectivity index (χ3n) is 5.55. The number of aryl methyl sites for hydroxylation is 1. The number of nitrogens with zero attached hydrogens (tertiary/aromatic N) is 1. The minimum absolute atomic E-state index is 0.0899. The summed E-state index contributed by atoms with van der Waals surface area (Å²) >= 11 is 0. The molecule has 1 fully saturated rings. The van der Waals surface area contributed by atoms with E-state index in [0.29, 0.717) is 36.6 Å². The van der Waals surface area contributed by atoms with Gasteiger partial charge < -0.3 is 14.2 Å². The largest absolute Gasteiger partial charge is 0.457 e. The van der Waals surface area contributed by atoms with Gasteiger partial charge in [-0.05, 0) is 55.2 Å². The van der Waals surface area contributed by atoms with Crippen LogP contribution in [0.2, 0.25) is 0 Å². The fourth-order valence-electron chi connectivity index (χ4n) is 3.70. The smallest absolute Gasteiger partial charge is 0.306 e. The van der Waals surface area contributed by atoms with Gasteiger partial charge in [0.1, 0.15) is 0 Å². The maximum Gasteiger partial charge on any atom is 0.306 e. The molecule has 0 atom stereocenters. The van der Waals surface area contributed by atoms with E-state index in [-0.39, 0.29) is 30.5 Å². The number of Topliss-reactive ketones (excluding diaryl/α,β-unsaturated/α-hetero) is 1. The quantitative estimate of drug-likeness (QED) is 0.442. The van der Waals surface area contributed by atoms with Crippen LogP contribution in [0.25, 0.3) is 0 Å². The van der Waals surface area contributed by atoms with Crippen molar-refractivity contribution >= 4 is 21.8 Å². The predicted molar refractivity (Wildman–Crippen MR) is 115 cm³/mol. The van der Waals surface area contributed by atoms with Crippen LogP contribution in [0.4, 0.5) is 0 Å². The number of piperidine rings is 1. The molecule has 170 valence electrons. The third-order valence-corrected chi connectivity index (χ3v) is 7.47. The summed E-state index contributed by atoms with van der Waals surface area (Å²) in [5.74, 6) is 0.245. The molecule has 32 heavy (non-hydrogen) atoms. The zero-order chi connectivity index (χ0) is 22.6. The van der Waals surface area contributed by atoms with Gasteiger partial charge in [-0.2, -0.15) is 4.31 Å². The highest BCUT2D eigenvalue weighted by Crippen LogP contribution is 2.32. The predicted octanol–water partition coefficient (Wildman–Crippen LogP) is 2.95. The highest BCUT2D eigenvalue weighted by Gasteiger charge is 2.25. The van der Waals surface area contributed by atoms with E-state index < -0.39 is 16.0 Å². The number of benzene rings is 2. The van der Waals surface area contributed by atoms with E-state index in [0.717, 1.165) is 24.8 Å². The van der Waals surface area contributed by atoms with Gasteiger partial charge in [0, 0.05) is 25.1 Å². The highest BCUT2D eigenvalue weighted by molar-refractivity contribution is 7.89. The topological polar surface area (TPSA) is 99.2 Å². The monoisotopic (exact) mass is 459 g/mol. The van der Waals surface area contributed by atoms with Crippen LogP contribution in [0.5, 0.6) is 11.5 Å². The summed E-state index contributed by atoms with van der Waals surface area (Å²) in [6.45, 7) is 0.875. The number of carbonyl (C=O) groups excluding carboxylic acids is 2. The average molecular weight is 460 g/mol. The average Bonchev–Trinajstić information content (AvgIpc) is 3.30. The van der Waals surface area contributed by atoms with Gasteiger partial charge in [0.15, 0.2) is 23.9 Å². The van der Waals surface area contributed by atoms with Crippen molar-refractivity contribution < 1.29 is 32.2 Å². The van der Waals surface area contributed by atoms with Gasteiger partial charge in [-0.3, -0.25) is 9.59 Å². The molecule has 2 aromatic rings. The van der Waals surface area contributed by atoms with E-state index >= 15 is 0 Å². The first-order chi connectivity index (χ1) is 15.4. The molecule has 0 amide bonds. The van der Waals surface area contributed by atoms with Crippen molar-refractivity contribution in [3.8, 4) is 11.5 Å². The van der Waals surface area contributed by atoms with Crippen molar-refractivity contribution in [2.75, 3.05) is 26.5 Å². The van der Waals surface area contributed by atoms with Crippen LogP contribution in [0.3, 0.4) is 0 Å². The van der Waals surface area contributed by atoms with Crippen LogP contribution < -0.4 is 9.47 Å². The number of sulfonamides is 1. The van der Waals surface area contributed by atoms with Crippen molar-refractivity contribution in [3.05, 3.63) is 53.6 Å². The Balaban J connectivity index is 1.25. The molecule has 0 radical (unpaired) electrons. The summed E-state index contributed by atoms with van der Waals surface area (Å²) in [6, 6.07) is 11.4. The Morgan fingerprint density at radius 1 is 0.938 bits per heavy atom. The Morgan fingerprint density at radius 3 is 2.41 bits per heavy atom. The number of ether oxygens (including phenoxy) is 3. The van der Waals surface area contributed by atoms with Gasteiger partial charge >= 0.3 is 5.97 Å². The molecule has 1 saturated heterocycles. The van der Waals surface area contributed by atoms with Gasteiger partial charge in [-0.15, -0.1) is 0 Å². The van der Waals surface area contributed by atoms with Gasteiger partial charge in [0.25, 0.3) is 0 Å². The van der Waals surface area contributed by atoms with E-state index in [1.165, 1.54) is 4.31 Å². The molecular formula is C23H25NO7S. The van der Waals surface area contributed by atoms with Crippen LogP contribution in [-0.4, -0.2) is 51.0 Å². The molecule has 9 heteroatoms. The van der Waals surface area contributed by atoms with Crippen molar-refractivity contribution in [1.82, 2.24) is 4.31 Å². The number of fused-ring (bicyclic) bond motifs is 1. The second-order valence-corrected chi connectivity index (χ2v) is 9.70. The molecule has 0 spiro atoms. The van der Waals surface area contributed by atoms with Crippen molar-refractivity contribution in [2.24, 2.45) is 0 Å². The molecule has 4 rings (SSSR count). The molecule has 2 aliphatic heterocycles. The number of ketones is 1. The summed E-state index contributed by atoms with van der Waals surface area (Å²) in [5.41, 5.74) is 1.20. The number of rotatable bonds is 8. The second-order valence-electron chi connectivity index (χ2n) is 7.76. The van der Waals surface area contributed by atoms with Gasteiger partial charge in [-0.1, -0.05) is 18.6 Å². The molecule has 8 nitrogen and oxygen atoms in total. The van der Waals surface area contributed by atoms with Crippen LogP contribution in [0.15, 0.2) is 47.4 Å². The molecule has 0 bridgehead atoms. The molecule has 0 aliphatic carbocycles. The first-order valence-electron chi connectivity index (χ1n) is 10.6. The van der Waals surface area contributed by atoms with Crippen molar-refractivity contribution in [1.29, 1.82) is 0 Å². The summed E-state index contributed by atoms with van der Waals surface area (Å²) in [4.78, 5) is 24.6. The number of esters is 1. The van der Waals surface area contributed by atoms with Gasteiger partial charge in [0.05, 0.1) is 4.90 Å². The fraction of sp³-hybridized carbons (Fsp3) is 0.391. The standard InChI is InChI=1S/C23H25NO7S/c25-20(18-7-10-21-22(14-18)31-16-30-21)15-29-23(26)11-6-17-4-8-19(9-5-17)32(27,28)24-12-2-1-3-13-24/h4-5,7-10,14H,1-3,6,11-13,15-16H2. The van der Waals surface area contributed by atoms with E-state index in [2.05, 4.69) is 0 Å². The second kappa shape index (κ2) is 9.70.